The molecule has 0 bridgehead atoms. The number of carbonyl (C=O) groups excluding carboxylic acids is 1. The van der Waals surface area contributed by atoms with Crippen molar-refractivity contribution in [2.75, 3.05) is 25.6 Å². The summed E-state index contributed by atoms with van der Waals surface area (Å²) in [5, 5.41) is 2.90. The van der Waals surface area contributed by atoms with Gasteiger partial charge in [-0.25, -0.2) is 13.4 Å². The zero-order valence-electron chi connectivity index (χ0n) is 20.4. The van der Waals surface area contributed by atoms with Gasteiger partial charge in [0, 0.05) is 38.4 Å². The van der Waals surface area contributed by atoms with Crippen LogP contribution in [-0.4, -0.2) is 54.5 Å². The van der Waals surface area contributed by atoms with Crippen molar-refractivity contribution in [2.45, 2.75) is 62.9 Å². The summed E-state index contributed by atoms with van der Waals surface area (Å²) < 4.78 is 35.1. The quantitative estimate of drug-likeness (QED) is 0.410. The molecular formula is C26H34N4O4S. The van der Waals surface area contributed by atoms with Crippen molar-refractivity contribution in [2.24, 2.45) is 0 Å². The van der Waals surface area contributed by atoms with E-state index in [0.717, 1.165) is 49.6 Å². The zero-order chi connectivity index (χ0) is 24.8. The van der Waals surface area contributed by atoms with Crippen LogP contribution in [0.1, 0.15) is 55.8 Å². The molecule has 188 valence electrons. The Balaban J connectivity index is 1.49. The molecule has 1 aliphatic carbocycles. The number of ether oxygens (including phenoxy) is 1. The van der Waals surface area contributed by atoms with Gasteiger partial charge in [-0.15, -0.1) is 0 Å². The molecule has 0 radical (unpaired) electrons. The van der Waals surface area contributed by atoms with Crippen LogP contribution in [0.2, 0.25) is 0 Å². The smallest absolute Gasteiger partial charge is 0.257 e. The highest BCUT2D eigenvalue weighted by atomic mass is 32.2. The van der Waals surface area contributed by atoms with Gasteiger partial charge in [0.25, 0.3) is 5.91 Å². The molecule has 0 spiro atoms. The predicted octanol–water partition coefficient (Wildman–Crippen LogP) is 4.67. The van der Waals surface area contributed by atoms with Crippen LogP contribution in [0.5, 0.6) is 0 Å². The van der Waals surface area contributed by atoms with E-state index in [0.29, 0.717) is 31.3 Å². The molecule has 1 saturated carbocycles. The Hall–Kier alpha value is -2.75. The maximum atomic E-state index is 13.1. The first-order valence-electron chi connectivity index (χ1n) is 12.3. The number of imidazole rings is 1. The van der Waals surface area contributed by atoms with Crippen molar-refractivity contribution >= 4 is 32.9 Å². The summed E-state index contributed by atoms with van der Waals surface area (Å²) in [6.07, 6.45) is 5.84. The molecule has 1 amide bonds. The maximum Gasteiger partial charge on any atom is 0.257 e. The van der Waals surface area contributed by atoms with Gasteiger partial charge in [0.2, 0.25) is 16.0 Å². The van der Waals surface area contributed by atoms with Gasteiger partial charge in [0.15, 0.2) is 0 Å². The predicted molar refractivity (Wildman–Crippen MR) is 137 cm³/mol. The minimum Gasteiger partial charge on any atom is -0.382 e. The fourth-order valence-corrected chi connectivity index (χ4v) is 6.04. The van der Waals surface area contributed by atoms with Gasteiger partial charge >= 0.3 is 0 Å². The number of sulfonamides is 1. The molecule has 0 aliphatic heterocycles. The Labute approximate surface area is 207 Å². The van der Waals surface area contributed by atoms with Gasteiger partial charge in [0.1, 0.15) is 0 Å². The first-order chi connectivity index (χ1) is 16.9. The summed E-state index contributed by atoms with van der Waals surface area (Å²) >= 11 is 0. The van der Waals surface area contributed by atoms with Crippen LogP contribution in [0.3, 0.4) is 0 Å². The van der Waals surface area contributed by atoms with Crippen LogP contribution in [0, 0.1) is 0 Å². The summed E-state index contributed by atoms with van der Waals surface area (Å²) in [6, 6.07) is 13.9. The molecule has 35 heavy (non-hydrogen) atoms. The number of nitrogens with zero attached hydrogens (tertiary/aromatic N) is 3. The molecule has 1 aromatic heterocycles. The van der Waals surface area contributed by atoms with Crippen molar-refractivity contribution in [3.05, 3.63) is 54.1 Å². The summed E-state index contributed by atoms with van der Waals surface area (Å²) in [7, 11) is -1.95. The van der Waals surface area contributed by atoms with Crippen LogP contribution < -0.4 is 5.32 Å². The summed E-state index contributed by atoms with van der Waals surface area (Å²) in [5.41, 5.74) is 2.11. The number of anilines is 1. The number of benzene rings is 2. The highest BCUT2D eigenvalue weighted by molar-refractivity contribution is 7.89. The molecule has 8 nitrogen and oxygen atoms in total. The minimum absolute atomic E-state index is 0.0347. The molecule has 3 aromatic rings. The largest absolute Gasteiger partial charge is 0.382 e. The molecule has 0 saturated heterocycles. The number of aryl methyl sites for hydroxylation is 1. The lowest BCUT2D eigenvalue weighted by Crippen LogP contribution is -2.38. The Morgan fingerprint density at radius 1 is 1.11 bits per heavy atom. The molecule has 1 fully saturated rings. The van der Waals surface area contributed by atoms with Gasteiger partial charge in [0.05, 0.1) is 15.9 Å². The molecule has 9 heteroatoms. The van der Waals surface area contributed by atoms with E-state index in [2.05, 4.69) is 10.3 Å². The third-order valence-electron chi connectivity index (χ3n) is 6.64. The topological polar surface area (TPSA) is 93.5 Å². The molecule has 2 aromatic carbocycles. The zero-order valence-corrected chi connectivity index (χ0v) is 21.3. The standard InChI is InChI=1S/C26H34N4O4S/c1-3-34-19-9-18-30-24-13-8-7-12-23(24)27-26(30)28-25(31)20-14-16-22(17-15-20)35(32,33)29(2)21-10-5-4-6-11-21/h7-8,12-17,21H,3-6,9-11,18-19H2,1-2H3,(H,27,28,31). The van der Waals surface area contributed by atoms with E-state index >= 15 is 0 Å². The molecule has 4 rings (SSSR count). The Kier molecular flexibility index (Phi) is 8.20. The monoisotopic (exact) mass is 498 g/mol. The van der Waals surface area contributed by atoms with Gasteiger partial charge in [-0.2, -0.15) is 4.31 Å². The van der Waals surface area contributed by atoms with Crippen molar-refractivity contribution in [3.8, 4) is 0 Å². The average molecular weight is 499 g/mol. The average Bonchev–Trinajstić information content (AvgIpc) is 3.23. The number of carbonyl (C=O) groups is 1. The maximum absolute atomic E-state index is 13.1. The van der Waals surface area contributed by atoms with E-state index < -0.39 is 10.0 Å². The van der Waals surface area contributed by atoms with Crippen molar-refractivity contribution in [1.82, 2.24) is 13.9 Å². The van der Waals surface area contributed by atoms with E-state index in [9.17, 15) is 13.2 Å². The number of hydrogen-bond donors (Lipinski definition) is 1. The Bertz CT molecular complexity index is 1250. The molecule has 0 atom stereocenters. The summed E-state index contributed by atoms with van der Waals surface area (Å²) in [5.74, 6) is 0.123. The first kappa shape index (κ1) is 25.3. The van der Waals surface area contributed by atoms with E-state index in [1.54, 1.807) is 19.2 Å². The molecule has 1 N–H and O–H groups in total. The van der Waals surface area contributed by atoms with E-state index in [1.165, 1.54) is 16.4 Å². The lowest BCUT2D eigenvalue weighted by atomic mass is 9.96. The van der Waals surface area contributed by atoms with Crippen LogP contribution in [0.25, 0.3) is 11.0 Å². The van der Waals surface area contributed by atoms with Gasteiger partial charge < -0.3 is 9.30 Å². The molecule has 1 heterocycles. The third-order valence-corrected chi connectivity index (χ3v) is 8.56. The second kappa shape index (κ2) is 11.3. The van der Waals surface area contributed by atoms with Gasteiger partial charge in [-0.1, -0.05) is 31.4 Å². The first-order valence-corrected chi connectivity index (χ1v) is 13.8. The number of para-hydroxylation sites is 2. The van der Waals surface area contributed by atoms with Gasteiger partial charge in [-0.3, -0.25) is 10.1 Å². The van der Waals surface area contributed by atoms with Crippen molar-refractivity contribution in [3.63, 3.8) is 0 Å². The Morgan fingerprint density at radius 2 is 1.83 bits per heavy atom. The summed E-state index contributed by atoms with van der Waals surface area (Å²) in [6.45, 7) is 3.90. The molecule has 0 unspecified atom stereocenters. The molecular weight excluding hydrogens is 464 g/mol. The SMILES string of the molecule is CCOCCCn1c(NC(=O)c2ccc(S(=O)(=O)N(C)C3CCCCC3)cc2)nc2ccccc21. The number of amides is 1. The molecule has 1 aliphatic rings. The number of hydrogen-bond acceptors (Lipinski definition) is 5. The highest BCUT2D eigenvalue weighted by Gasteiger charge is 2.29. The van der Waals surface area contributed by atoms with Gasteiger partial charge in [-0.05, 0) is 62.6 Å². The van der Waals surface area contributed by atoms with Crippen molar-refractivity contribution in [1.29, 1.82) is 0 Å². The van der Waals surface area contributed by atoms with Crippen LogP contribution in [0.4, 0.5) is 5.95 Å². The number of aromatic nitrogens is 2. The second-order valence-electron chi connectivity index (χ2n) is 8.92. The lowest BCUT2D eigenvalue weighted by molar-refractivity contribution is 0.102. The van der Waals surface area contributed by atoms with Crippen LogP contribution in [-0.2, 0) is 21.3 Å². The second-order valence-corrected chi connectivity index (χ2v) is 10.9. The fourth-order valence-electron chi connectivity index (χ4n) is 4.63. The summed E-state index contributed by atoms with van der Waals surface area (Å²) in [4.78, 5) is 17.8. The van der Waals surface area contributed by atoms with E-state index in [1.807, 2.05) is 35.8 Å². The van der Waals surface area contributed by atoms with E-state index in [4.69, 9.17) is 4.74 Å². The van der Waals surface area contributed by atoms with Crippen molar-refractivity contribution < 1.29 is 17.9 Å². The van der Waals surface area contributed by atoms with Crippen LogP contribution >= 0.6 is 0 Å². The lowest BCUT2D eigenvalue weighted by Gasteiger charge is -2.30. The van der Waals surface area contributed by atoms with Crippen LogP contribution in [0.15, 0.2) is 53.4 Å². The fraction of sp³-hybridized carbons (Fsp3) is 0.462. The number of fused-ring (bicyclic) bond motifs is 1. The third kappa shape index (κ3) is 5.74. The minimum atomic E-state index is -3.61. The van der Waals surface area contributed by atoms with E-state index in [-0.39, 0.29) is 16.8 Å². The Morgan fingerprint density at radius 3 is 2.54 bits per heavy atom. The number of rotatable bonds is 10. The number of nitrogens with one attached hydrogen (secondary N) is 1. The normalized spacial score (nSPS) is 15.1. The highest BCUT2D eigenvalue weighted by Crippen LogP contribution is 2.27.